The third-order valence-corrected chi connectivity index (χ3v) is 5.62. The maximum absolute atomic E-state index is 12.8. The highest BCUT2D eigenvalue weighted by Crippen LogP contribution is 2.35. The molecule has 7 nitrogen and oxygen atoms in total. The van der Waals surface area contributed by atoms with Crippen molar-refractivity contribution in [2.45, 2.75) is 31.7 Å². The first-order valence-corrected chi connectivity index (χ1v) is 9.79. The first kappa shape index (κ1) is 19.5. The Kier molecular flexibility index (Phi) is 5.34. The van der Waals surface area contributed by atoms with Crippen LogP contribution < -0.4 is 11.2 Å². The third kappa shape index (κ3) is 3.63. The molecule has 2 heterocycles. The van der Waals surface area contributed by atoms with E-state index in [9.17, 15) is 14.4 Å². The number of ketones is 1. The van der Waals surface area contributed by atoms with E-state index in [-0.39, 0.29) is 11.7 Å². The molecule has 4 rings (SSSR count). The summed E-state index contributed by atoms with van der Waals surface area (Å²) < 4.78 is 6.49. The smallest absolute Gasteiger partial charge is 0.329 e. The maximum atomic E-state index is 12.8. The van der Waals surface area contributed by atoms with Crippen LogP contribution in [0.15, 0.2) is 40.1 Å². The molecule has 150 valence electrons. The number of rotatable bonds is 5. The van der Waals surface area contributed by atoms with Crippen LogP contribution in [0.25, 0.3) is 11.0 Å². The number of hydrogen-bond donors (Lipinski definition) is 1. The summed E-state index contributed by atoms with van der Waals surface area (Å²) in [6.45, 7) is 0.843. The second-order valence-corrected chi connectivity index (χ2v) is 7.62. The highest BCUT2D eigenvalue weighted by atomic mass is 35.5. The van der Waals surface area contributed by atoms with E-state index in [0.717, 1.165) is 5.56 Å². The second-order valence-electron chi connectivity index (χ2n) is 7.19. The maximum Gasteiger partial charge on any atom is 0.329 e. The molecule has 29 heavy (non-hydrogen) atoms. The Labute approximate surface area is 171 Å². The Morgan fingerprint density at radius 2 is 1.97 bits per heavy atom. The van der Waals surface area contributed by atoms with E-state index in [1.807, 2.05) is 12.1 Å². The first-order chi connectivity index (χ1) is 14.0. The zero-order valence-corrected chi connectivity index (χ0v) is 16.7. The van der Waals surface area contributed by atoms with Crippen LogP contribution in [0.5, 0.6) is 0 Å². The number of fused-ring (bicyclic) bond motifs is 3. The number of aromatic amines is 1. The van der Waals surface area contributed by atoms with Crippen LogP contribution in [0.1, 0.15) is 40.2 Å². The predicted molar refractivity (Wildman–Crippen MR) is 110 cm³/mol. The van der Waals surface area contributed by atoms with Crippen molar-refractivity contribution in [1.29, 1.82) is 0 Å². The van der Waals surface area contributed by atoms with Crippen LogP contribution in [0.3, 0.4) is 0 Å². The molecule has 0 amide bonds. The number of aryl methyl sites for hydroxylation is 1. The average molecular weight is 414 g/mol. The van der Waals surface area contributed by atoms with Crippen molar-refractivity contribution in [2.24, 2.45) is 0 Å². The van der Waals surface area contributed by atoms with Gasteiger partial charge in [-0.05, 0) is 42.0 Å². The minimum absolute atomic E-state index is 0.0582. The Morgan fingerprint density at radius 3 is 2.69 bits per heavy atom. The lowest BCUT2D eigenvalue weighted by Crippen LogP contribution is -2.33. The van der Waals surface area contributed by atoms with Crippen molar-refractivity contribution in [3.05, 3.63) is 73.0 Å². The van der Waals surface area contributed by atoms with E-state index in [2.05, 4.69) is 9.97 Å². The molecule has 2 aromatic heterocycles. The normalized spacial score (nSPS) is 16.2. The summed E-state index contributed by atoms with van der Waals surface area (Å²) in [5, 5.41) is 0.939. The quantitative estimate of drug-likeness (QED) is 0.649. The number of benzene rings is 1. The van der Waals surface area contributed by atoms with Gasteiger partial charge in [-0.2, -0.15) is 0 Å². The number of methoxy groups -OCH3 is 1. The largest absolute Gasteiger partial charge is 0.385 e. The van der Waals surface area contributed by atoms with Crippen molar-refractivity contribution < 1.29 is 9.53 Å². The molecule has 0 fully saturated rings. The first-order valence-electron chi connectivity index (χ1n) is 9.42. The summed E-state index contributed by atoms with van der Waals surface area (Å²) in [6.07, 6.45) is 2.95. The number of hydrogen-bond acceptors (Lipinski definition) is 5. The van der Waals surface area contributed by atoms with Gasteiger partial charge in [0.05, 0.1) is 5.39 Å². The van der Waals surface area contributed by atoms with Gasteiger partial charge in [0.2, 0.25) is 0 Å². The third-order valence-electron chi connectivity index (χ3n) is 5.37. The molecule has 8 heteroatoms. The van der Waals surface area contributed by atoms with Gasteiger partial charge in [-0.25, -0.2) is 9.78 Å². The molecular weight excluding hydrogens is 394 g/mol. The van der Waals surface area contributed by atoms with Crippen LogP contribution >= 0.6 is 11.6 Å². The minimum atomic E-state index is -0.512. The predicted octanol–water partition coefficient (Wildman–Crippen LogP) is 2.69. The zero-order valence-electron chi connectivity index (χ0n) is 15.9. The van der Waals surface area contributed by atoms with Crippen LogP contribution in [0.2, 0.25) is 5.02 Å². The molecule has 1 aromatic carbocycles. The molecule has 0 saturated carbocycles. The molecule has 0 spiro atoms. The molecule has 1 atom stereocenters. The molecule has 0 bridgehead atoms. The van der Waals surface area contributed by atoms with E-state index in [0.29, 0.717) is 59.6 Å². The summed E-state index contributed by atoms with van der Waals surface area (Å²) >= 11 is 5.98. The number of pyridine rings is 1. The SMILES string of the molecule is COCCCn1c(=O)[nH]c(=O)c2c3c(cnc21)C(=O)C[C@H](c1ccc(Cl)cc1)C3. The van der Waals surface area contributed by atoms with E-state index in [1.165, 1.54) is 10.8 Å². The van der Waals surface area contributed by atoms with Crippen molar-refractivity contribution >= 4 is 28.4 Å². The molecule has 1 aliphatic rings. The van der Waals surface area contributed by atoms with Gasteiger partial charge in [-0.1, -0.05) is 23.7 Å². The van der Waals surface area contributed by atoms with Gasteiger partial charge in [0.15, 0.2) is 5.78 Å². The molecule has 0 saturated heterocycles. The number of aromatic nitrogens is 3. The molecule has 0 unspecified atom stereocenters. The number of carbonyl (C=O) groups is 1. The number of halogens is 1. The second kappa shape index (κ2) is 7.93. The van der Waals surface area contributed by atoms with Crippen LogP contribution in [0, 0.1) is 0 Å². The Bertz CT molecular complexity index is 1200. The van der Waals surface area contributed by atoms with Gasteiger partial charge in [0.1, 0.15) is 5.65 Å². The number of Topliss-reactive ketones (excluding diaryl/α,β-unsaturated/α-hetero) is 1. The Balaban J connectivity index is 1.85. The molecule has 3 aromatic rings. The molecule has 1 N–H and O–H groups in total. The Hall–Kier alpha value is -2.77. The van der Waals surface area contributed by atoms with Crippen molar-refractivity contribution in [3.63, 3.8) is 0 Å². The van der Waals surface area contributed by atoms with Gasteiger partial charge in [0.25, 0.3) is 5.56 Å². The van der Waals surface area contributed by atoms with Gasteiger partial charge in [0, 0.05) is 43.5 Å². The van der Waals surface area contributed by atoms with Gasteiger partial charge in [-0.15, -0.1) is 0 Å². The average Bonchev–Trinajstić information content (AvgIpc) is 2.70. The summed E-state index contributed by atoms with van der Waals surface area (Å²) in [4.78, 5) is 44.5. The molecular formula is C21H20ClN3O4. The van der Waals surface area contributed by atoms with Crippen molar-refractivity contribution in [3.8, 4) is 0 Å². The van der Waals surface area contributed by atoms with Crippen LogP contribution in [0.4, 0.5) is 0 Å². The van der Waals surface area contributed by atoms with Gasteiger partial charge < -0.3 is 4.74 Å². The highest BCUT2D eigenvalue weighted by molar-refractivity contribution is 6.30. The number of nitrogens with one attached hydrogen (secondary N) is 1. The van der Waals surface area contributed by atoms with E-state index < -0.39 is 11.2 Å². The minimum Gasteiger partial charge on any atom is -0.385 e. The fourth-order valence-electron chi connectivity index (χ4n) is 3.95. The lowest BCUT2D eigenvalue weighted by Gasteiger charge is -2.25. The van der Waals surface area contributed by atoms with E-state index in [1.54, 1.807) is 19.2 Å². The fraction of sp³-hybridized carbons (Fsp3) is 0.333. The van der Waals surface area contributed by atoms with Crippen LogP contribution in [-0.4, -0.2) is 34.0 Å². The lowest BCUT2D eigenvalue weighted by molar-refractivity contribution is 0.0964. The van der Waals surface area contributed by atoms with Gasteiger partial charge >= 0.3 is 5.69 Å². The van der Waals surface area contributed by atoms with Crippen molar-refractivity contribution in [2.75, 3.05) is 13.7 Å². The van der Waals surface area contributed by atoms with E-state index >= 15 is 0 Å². The summed E-state index contributed by atoms with van der Waals surface area (Å²) in [5.74, 6) is -0.122. The monoisotopic (exact) mass is 413 g/mol. The fourth-order valence-corrected chi connectivity index (χ4v) is 4.08. The Morgan fingerprint density at radius 1 is 1.21 bits per heavy atom. The summed E-state index contributed by atoms with van der Waals surface area (Å²) in [5.41, 5.74) is 1.37. The molecule has 1 aliphatic carbocycles. The number of H-pyrrole nitrogens is 1. The van der Waals surface area contributed by atoms with Crippen molar-refractivity contribution in [1.82, 2.24) is 14.5 Å². The highest BCUT2D eigenvalue weighted by Gasteiger charge is 2.29. The van der Waals surface area contributed by atoms with Crippen LogP contribution in [-0.2, 0) is 17.7 Å². The summed E-state index contributed by atoms with van der Waals surface area (Å²) in [6, 6.07) is 7.39. The number of nitrogens with zero attached hydrogens (tertiary/aromatic N) is 2. The number of ether oxygens (including phenoxy) is 1. The lowest BCUT2D eigenvalue weighted by atomic mass is 9.79. The molecule has 0 radical (unpaired) electrons. The summed E-state index contributed by atoms with van der Waals surface area (Å²) in [7, 11) is 1.59. The zero-order chi connectivity index (χ0) is 20.5. The topological polar surface area (TPSA) is 94.1 Å². The standard InChI is InChI=1S/C21H20ClN3O4/c1-29-8-2-7-25-19-18(20(27)24-21(25)28)15-9-13(10-17(26)16(15)11-23-19)12-3-5-14(22)6-4-12/h3-6,11,13H,2,7-10H2,1H3,(H,24,27,28)/t13-/m1/s1. The number of carbonyl (C=O) groups excluding carboxylic acids is 1. The van der Waals surface area contributed by atoms with Gasteiger partial charge in [-0.3, -0.25) is 19.1 Å². The molecule has 0 aliphatic heterocycles. The van der Waals surface area contributed by atoms with E-state index in [4.69, 9.17) is 16.3 Å².